The summed E-state index contributed by atoms with van der Waals surface area (Å²) < 4.78 is 0. The third-order valence-electron chi connectivity index (χ3n) is 4.11. The van der Waals surface area contributed by atoms with Crippen molar-refractivity contribution in [1.82, 2.24) is 0 Å². The summed E-state index contributed by atoms with van der Waals surface area (Å²) >= 11 is 6.39. The van der Waals surface area contributed by atoms with Crippen LogP contribution in [0.1, 0.15) is 48.9 Å². The monoisotopic (exact) mass is 276 g/mol. The second kappa shape index (κ2) is 5.32. The highest BCUT2D eigenvalue weighted by Gasteiger charge is 2.27. The van der Waals surface area contributed by atoms with E-state index in [0.717, 1.165) is 12.8 Å². The zero-order chi connectivity index (χ0) is 14.2. The highest BCUT2D eigenvalue weighted by molar-refractivity contribution is 6.21. The molecule has 1 aromatic rings. The van der Waals surface area contributed by atoms with Crippen LogP contribution in [0.25, 0.3) is 0 Å². The molecule has 0 fully saturated rings. The third-order valence-corrected chi connectivity index (χ3v) is 4.39. The smallest absolute Gasteiger partial charge is 0.0523 e. The van der Waals surface area contributed by atoms with Gasteiger partial charge in [-0.25, -0.2) is 0 Å². The van der Waals surface area contributed by atoms with E-state index in [9.17, 15) is 0 Å². The first kappa shape index (κ1) is 14.7. The van der Waals surface area contributed by atoms with Gasteiger partial charge in [-0.2, -0.15) is 0 Å². The topological polar surface area (TPSA) is 0 Å². The number of benzene rings is 1. The predicted molar refractivity (Wildman–Crippen MR) is 85.1 cm³/mol. The summed E-state index contributed by atoms with van der Waals surface area (Å²) in [5.41, 5.74) is 7.50. The molecule has 104 valence electrons. The molecule has 19 heavy (non-hydrogen) atoms. The molecule has 0 aliphatic heterocycles. The fraction of sp³-hybridized carbons (Fsp3) is 0.556. The molecule has 1 unspecified atom stereocenters. The second-order valence-corrected chi connectivity index (χ2v) is 7.50. The average molecular weight is 277 g/mol. The summed E-state index contributed by atoms with van der Waals surface area (Å²) in [5, 5.41) is 0.199. The fourth-order valence-corrected chi connectivity index (χ4v) is 4.02. The Hall–Kier alpha value is -0.750. The number of alkyl halides is 1. The number of hydrogen-bond donors (Lipinski definition) is 0. The normalized spacial score (nSPS) is 22.2. The van der Waals surface area contributed by atoms with Gasteiger partial charge in [-0.15, -0.1) is 11.6 Å². The Morgan fingerprint density at radius 3 is 2.26 bits per heavy atom. The van der Waals surface area contributed by atoms with Gasteiger partial charge in [-0.3, -0.25) is 0 Å². The van der Waals surface area contributed by atoms with Gasteiger partial charge in [0, 0.05) is 0 Å². The van der Waals surface area contributed by atoms with Crippen molar-refractivity contribution in [3.63, 3.8) is 0 Å². The molecular formula is C18H25Cl. The van der Waals surface area contributed by atoms with Crippen molar-refractivity contribution in [1.29, 1.82) is 0 Å². The largest absolute Gasteiger partial charge is 0.118 e. The molecule has 0 heterocycles. The minimum absolute atomic E-state index is 0.199. The van der Waals surface area contributed by atoms with E-state index in [-0.39, 0.29) is 5.38 Å². The summed E-state index contributed by atoms with van der Waals surface area (Å²) in [6.45, 7) is 11.3. The number of rotatable bonds is 2. The number of halogens is 1. The van der Waals surface area contributed by atoms with E-state index in [1.165, 1.54) is 34.2 Å². The van der Waals surface area contributed by atoms with Crippen LogP contribution in [0.4, 0.5) is 0 Å². The Morgan fingerprint density at radius 2 is 1.74 bits per heavy atom. The van der Waals surface area contributed by atoms with Crippen LogP contribution in [0, 0.1) is 26.2 Å². The number of hydrogen-bond acceptors (Lipinski definition) is 0. The van der Waals surface area contributed by atoms with Crippen LogP contribution in [-0.4, -0.2) is 5.38 Å². The molecule has 1 atom stereocenters. The molecule has 0 radical (unpaired) electrons. The molecule has 2 rings (SSSR count). The Labute approximate surface area is 122 Å². The van der Waals surface area contributed by atoms with Crippen LogP contribution in [0.3, 0.4) is 0 Å². The van der Waals surface area contributed by atoms with Crippen molar-refractivity contribution < 1.29 is 0 Å². The lowest BCUT2D eigenvalue weighted by atomic mass is 9.75. The lowest BCUT2D eigenvalue weighted by molar-refractivity contribution is 0.320. The summed E-state index contributed by atoms with van der Waals surface area (Å²) in [7, 11) is 0. The van der Waals surface area contributed by atoms with Crippen molar-refractivity contribution in [3.05, 3.63) is 46.0 Å². The van der Waals surface area contributed by atoms with Crippen LogP contribution in [0.15, 0.2) is 23.8 Å². The summed E-state index contributed by atoms with van der Waals surface area (Å²) in [5.74, 6) is 0. The molecule has 0 spiro atoms. The van der Waals surface area contributed by atoms with Crippen molar-refractivity contribution in [2.45, 2.75) is 59.3 Å². The SMILES string of the molecule is Cc1cc(C)c(CC2=CC(Cl)CC(C)(C)C2)c(C)c1. The zero-order valence-electron chi connectivity index (χ0n) is 12.8. The molecule has 0 aromatic heterocycles. The van der Waals surface area contributed by atoms with Crippen LogP contribution in [0.5, 0.6) is 0 Å². The Bertz CT molecular complexity index is 485. The maximum absolute atomic E-state index is 6.39. The van der Waals surface area contributed by atoms with E-state index in [0.29, 0.717) is 5.41 Å². The minimum Gasteiger partial charge on any atom is -0.118 e. The molecule has 0 bridgehead atoms. The lowest BCUT2D eigenvalue weighted by Gasteiger charge is -2.33. The molecule has 1 aliphatic carbocycles. The van der Waals surface area contributed by atoms with E-state index in [1.807, 2.05) is 0 Å². The highest BCUT2D eigenvalue weighted by atomic mass is 35.5. The molecule has 1 heteroatoms. The van der Waals surface area contributed by atoms with E-state index in [1.54, 1.807) is 0 Å². The fourth-order valence-electron chi connectivity index (χ4n) is 3.43. The van der Waals surface area contributed by atoms with E-state index >= 15 is 0 Å². The van der Waals surface area contributed by atoms with Gasteiger partial charge in [-0.05, 0) is 62.1 Å². The van der Waals surface area contributed by atoms with Gasteiger partial charge in [-0.1, -0.05) is 43.2 Å². The minimum atomic E-state index is 0.199. The van der Waals surface area contributed by atoms with Gasteiger partial charge in [0.05, 0.1) is 5.38 Å². The second-order valence-electron chi connectivity index (χ2n) is 6.94. The number of aryl methyl sites for hydroxylation is 3. The van der Waals surface area contributed by atoms with Gasteiger partial charge < -0.3 is 0 Å². The van der Waals surface area contributed by atoms with Crippen LogP contribution >= 0.6 is 11.6 Å². The van der Waals surface area contributed by atoms with E-state index < -0.39 is 0 Å². The maximum Gasteiger partial charge on any atom is 0.0523 e. The third kappa shape index (κ3) is 3.63. The predicted octanol–water partition coefficient (Wildman–Crippen LogP) is 5.51. The van der Waals surface area contributed by atoms with Crippen LogP contribution in [-0.2, 0) is 6.42 Å². The summed E-state index contributed by atoms with van der Waals surface area (Å²) in [4.78, 5) is 0. The molecule has 0 saturated carbocycles. The first-order valence-electron chi connectivity index (χ1n) is 7.17. The number of allylic oxidation sites excluding steroid dienone is 2. The standard InChI is InChI=1S/C18H25Cl/c1-12-6-13(2)17(14(3)7-12)9-15-8-16(19)11-18(4,5)10-15/h6-8,16H,9-11H2,1-5H3. The van der Waals surface area contributed by atoms with Crippen molar-refractivity contribution in [3.8, 4) is 0 Å². The van der Waals surface area contributed by atoms with E-state index in [4.69, 9.17) is 11.6 Å². The Morgan fingerprint density at radius 1 is 1.16 bits per heavy atom. The van der Waals surface area contributed by atoms with Gasteiger partial charge in [0.25, 0.3) is 0 Å². The Kier molecular flexibility index (Phi) is 4.11. The molecule has 0 nitrogen and oxygen atoms in total. The Balaban J connectivity index is 2.27. The van der Waals surface area contributed by atoms with Crippen molar-refractivity contribution in [2.24, 2.45) is 5.41 Å². The summed E-state index contributed by atoms with van der Waals surface area (Å²) in [6, 6.07) is 4.57. The summed E-state index contributed by atoms with van der Waals surface area (Å²) in [6.07, 6.45) is 5.60. The van der Waals surface area contributed by atoms with Crippen LogP contribution < -0.4 is 0 Å². The molecule has 1 aliphatic rings. The van der Waals surface area contributed by atoms with Crippen molar-refractivity contribution >= 4 is 11.6 Å². The van der Waals surface area contributed by atoms with Crippen LogP contribution in [0.2, 0.25) is 0 Å². The van der Waals surface area contributed by atoms with Gasteiger partial charge in [0.1, 0.15) is 0 Å². The molecule has 0 saturated heterocycles. The first-order valence-corrected chi connectivity index (χ1v) is 7.61. The maximum atomic E-state index is 6.39. The van der Waals surface area contributed by atoms with Gasteiger partial charge in [0.15, 0.2) is 0 Å². The lowest BCUT2D eigenvalue weighted by Crippen LogP contribution is -2.23. The molecule has 0 amide bonds. The molecular weight excluding hydrogens is 252 g/mol. The average Bonchev–Trinajstić information content (AvgIpc) is 2.20. The molecule has 1 aromatic carbocycles. The first-order chi connectivity index (χ1) is 8.77. The highest BCUT2D eigenvalue weighted by Crippen LogP contribution is 2.39. The van der Waals surface area contributed by atoms with Gasteiger partial charge in [0.2, 0.25) is 0 Å². The van der Waals surface area contributed by atoms with E-state index in [2.05, 4.69) is 52.8 Å². The van der Waals surface area contributed by atoms with Gasteiger partial charge >= 0.3 is 0 Å². The zero-order valence-corrected chi connectivity index (χ0v) is 13.6. The molecule has 0 N–H and O–H groups in total. The quantitative estimate of drug-likeness (QED) is 0.494. The van der Waals surface area contributed by atoms with Crippen molar-refractivity contribution in [2.75, 3.05) is 0 Å².